The summed E-state index contributed by atoms with van der Waals surface area (Å²) in [5, 5.41) is 5.29. The number of hydrogen-bond donors (Lipinski definition) is 2. The maximum Gasteiger partial charge on any atom is 0.238 e. The number of nitrogen functional groups attached to an aromatic ring is 1. The van der Waals surface area contributed by atoms with Gasteiger partial charge in [-0.3, -0.25) is 9.69 Å². The van der Waals surface area contributed by atoms with E-state index in [1.807, 2.05) is 35.2 Å². The highest BCUT2D eigenvalue weighted by molar-refractivity contribution is 7.89. The SMILES string of the molecule is CC1(C)CC(=O)C2=C(C1)N(c1ccc(S(N)(=O)=O)cc1)c1ncnc(N)c1C2c1ccccc1. The molecule has 1 aliphatic carbocycles. The van der Waals surface area contributed by atoms with E-state index >= 15 is 0 Å². The molecule has 34 heavy (non-hydrogen) atoms. The van der Waals surface area contributed by atoms with Gasteiger partial charge in [-0.2, -0.15) is 0 Å². The van der Waals surface area contributed by atoms with Gasteiger partial charge in [-0.05, 0) is 41.7 Å². The summed E-state index contributed by atoms with van der Waals surface area (Å²) in [5.74, 6) is 0.541. The fraction of sp³-hybridized carbons (Fsp3) is 0.240. The molecular weight excluding hydrogens is 450 g/mol. The van der Waals surface area contributed by atoms with Crippen LogP contribution in [0.2, 0.25) is 0 Å². The van der Waals surface area contributed by atoms with Crippen LogP contribution in [0.1, 0.15) is 43.7 Å². The van der Waals surface area contributed by atoms with E-state index in [1.54, 1.807) is 12.1 Å². The van der Waals surface area contributed by atoms with Crippen LogP contribution in [0, 0.1) is 5.41 Å². The summed E-state index contributed by atoms with van der Waals surface area (Å²) in [5.41, 5.74) is 9.92. The van der Waals surface area contributed by atoms with Crippen LogP contribution in [0.5, 0.6) is 0 Å². The predicted molar refractivity (Wildman–Crippen MR) is 130 cm³/mol. The summed E-state index contributed by atoms with van der Waals surface area (Å²) in [6.45, 7) is 4.14. The molecular formula is C25H25N5O3S. The number of anilines is 3. The lowest BCUT2D eigenvalue weighted by Gasteiger charge is -2.44. The third-order valence-electron chi connectivity index (χ3n) is 6.41. The first kappa shape index (κ1) is 22.2. The van der Waals surface area contributed by atoms with Gasteiger partial charge in [-0.1, -0.05) is 44.2 Å². The topological polar surface area (TPSA) is 132 Å². The summed E-state index contributed by atoms with van der Waals surface area (Å²) >= 11 is 0. The number of ketones is 1. The number of Topliss-reactive ketones (excluding diaryl/α,β-unsaturated/α-hetero) is 1. The van der Waals surface area contributed by atoms with Crippen LogP contribution in [0.4, 0.5) is 17.3 Å². The minimum absolute atomic E-state index is 0.00657. The van der Waals surface area contributed by atoms with Crippen LogP contribution in [0.25, 0.3) is 0 Å². The quantitative estimate of drug-likeness (QED) is 0.591. The molecule has 1 aromatic heterocycles. The Morgan fingerprint density at radius 1 is 1.00 bits per heavy atom. The van der Waals surface area contributed by atoms with E-state index < -0.39 is 15.9 Å². The lowest BCUT2D eigenvalue weighted by atomic mass is 9.68. The molecule has 2 aromatic carbocycles. The molecule has 1 unspecified atom stereocenters. The van der Waals surface area contributed by atoms with Gasteiger partial charge in [-0.25, -0.2) is 23.5 Å². The van der Waals surface area contributed by atoms with Gasteiger partial charge in [0.05, 0.1) is 4.90 Å². The Labute approximate surface area is 198 Å². The van der Waals surface area contributed by atoms with E-state index in [0.29, 0.717) is 41.3 Å². The van der Waals surface area contributed by atoms with E-state index in [9.17, 15) is 13.2 Å². The molecule has 9 heteroatoms. The second-order valence-corrected chi connectivity index (χ2v) is 11.1. The van der Waals surface area contributed by atoms with Crippen molar-refractivity contribution in [3.05, 3.63) is 83.3 Å². The molecule has 8 nitrogen and oxygen atoms in total. The van der Waals surface area contributed by atoms with E-state index in [2.05, 4.69) is 23.8 Å². The fourth-order valence-electron chi connectivity index (χ4n) is 5.00. The standard InChI is InChI=1S/C25H25N5O3S/c1-25(2)12-18-21(19(31)13-25)20(15-6-4-3-5-7-15)22-23(26)28-14-29-24(22)30(18)16-8-10-17(11-9-16)34(27,32)33/h3-11,14,20H,12-13H2,1-2H3,(H2,26,28,29)(H2,27,32,33). The van der Waals surface area contributed by atoms with Crippen LogP contribution in [0.15, 0.2) is 77.1 Å². The molecule has 2 aliphatic rings. The lowest BCUT2D eigenvalue weighted by molar-refractivity contribution is -0.118. The molecule has 174 valence electrons. The lowest BCUT2D eigenvalue weighted by Crippen LogP contribution is -2.38. The Morgan fingerprint density at radius 3 is 2.32 bits per heavy atom. The zero-order valence-corrected chi connectivity index (χ0v) is 19.7. The number of primary sulfonamides is 1. The molecule has 1 aliphatic heterocycles. The molecule has 0 saturated heterocycles. The zero-order chi connectivity index (χ0) is 24.3. The van der Waals surface area contributed by atoms with Crippen LogP contribution in [-0.4, -0.2) is 24.2 Å². The predicted octanol–water partition coefficient (Wildman–Crippen LogP) is 3.63. The number of fused-ring (bicyclic) bond motifs is 1. The molecule has 0 bridgehead atoms. The van der Waals surface area contributed by atoms with Crippen molar-refractivity contribution in [3.63, 3.8) is 0 Å². The normalized spacial score (nSPS) is 19.6. The van der Waals surface area contributed by atoms with Crippen molar-refractivity contribution in [1.82, 2.24) is 9.97 Å². The fourth-order valence-corrected chi connectivity index (χ4v) is 5.51. The van der Waals surface area contributed by atoms with E-state index in [1.165, 1.54) is 18.5 Å². The first-order chi connectivity index (χ1) is 16.1. The molecule has 0 radical (unpaired) electrons. The summed E-state index contributed by atoms with van der Waals surface area (Å²) in [4.78, 5) is 24.4. The maximum absolute atomic E-state index is 13.6. The van der Waals surface area contributed by atoms with E-state index in [0.717, 1.165) is 11.3 Å². The number of sulfonamides is 1. The molecule has 0 spiro atoms. The smallest absolute Gasteiger partial charge is 0.238 e. The van der Waals surface area contributed by atoms with Crippen molar-refractivity contribution in [2.75, 3.05) is 10.6 Å². The molecule has 4 N–H and O–H groups in total. The second-order valence-electron chi connectivity index (χ2n) is 9.52. The highest BCUT2D eigenvalue weighted by Crippen LogP contribution is 2.54. The third kappa shape index (κ3) is 3.66. The van der Waals surface area contributed by atoms with Gasteiger partial charge in [-0.15, -0.1) is 0 Å². The third-order valence-corrected chi connectivity index (χ3v) is 7.33. The molecule has 5 rings (SSSR count). The Morgan fingerprint density at radius 2 is 1.68 bits per heavy atom. The monoisotopic (exact) mass is 475 g/mol. The largest absolute Gasteiger partial charge is 0.383 e. The van der Waals surface area contributed by atoms with Crippen LogP contribution < -0.4 is 15.8 Å². The molecule has 0 fully saturated rings. The number of rotatable bonds is 3. The van der Waals surface area contributed by atoms with E-state index in [-0.39, 0.29) is 16.1 Å². The first-order valence-electron chi connectivity index (χ1n) is 10.9. The minimum Gasteiger partial charge on any atom is -0.383 e. The molecule has 3 aromatic rings. The number of benzene rings is 2. The number of aromatic nitrogens is 2. The van der Waals surface area contributed by atoms with Crippen molar-refractivity contribution >= 4 is 33.1 Å². The van der Waals surface area contributed by atoms with Crippen molar-refractivity contribution in [2.24, 2.45) is 10.6 Å². The van der Waals surface area contributed by atoms with Gasteiger partial charge >= 0.3 is 0 Å². The number of carbonyl (C=O) groups excluding carboxylic acids is 1. The molecule has 1 atom stereocenters. The second kappa shape index (κ2) is 7.75. The number of carbonyl (C=O) groups is 1. The Kier molecular flexibility index (Phi) is 5.07. The van der Waals surface area contributed by atoms with E-state index in [4.69, 9.17) is 10.9 Å². The first-order valence-corrected chi connectivity index (χ1v) is 12.5. The Hall–Kier alpha value is -3.56. The zero-order valence-electron chi connectivity index (χ0n) is 18.9. The van der Waals surface area contributed by atoms with Gasteiger partial charge < -0.3 is 5.73 Å². The summed E-state index contributed by atoms with van der Waals surface area (Å²) in [7, 11) is -3.84. The number of hydrogen-bond acceptors (Lipinski definition) is 7. The van der Waals surface area contributed by atoms with Gasteiger partial charge in [0.25, 0.3) is 0 Å². The highest BCUT2D eigenvalue weighted by Gasteiger charge is 2.45. The number of allylic oxidation sites excluding steroid dienone is 2. The summed E-state index contributed by atoms with van der Waals surface area (Å²) < 4.78 is 23.6. The van der Waals surface area contributed by atoms with Crippen LogP contribution in [0.3, 0.4) is 0 Å². The molecule has 0 saturated carbocycles. The van der Waals surface area contributed by atoms with Gasteiger partial charge in [0.15, 0.2) is 5.78 Å². The minimum atomic E-state index is -3.84. The average molecular weight is 476 g/mol. The summed E-state index contributed by atoms with van der Waals surface area (Å²) in [6.07, 6.45) is 2.46. The van der Waals surface area contributed by atoms with Crippen molar-refractivity contribution in [2.45, 2.75) is 37.5 Å². The number of nitrogens with two attached hydrogens (primary N) is 2. The maximum atomic E-state index is 13.6. The molecule has 0 amide bonds. The van der Waals surface area contributed by atoms with Gasteiger partial charge in [0.2, 0.25) is 10.0 Å². The highest BCUT2D eigenvalue weighted by atomic mass is 32.2. The Bertz CT molecular complexity index is 1430. The average Bonchev–Trinajstić information content (AvgIpc) is 2.77. The number of nitrogens with zero attached hydrogens (tertiary/aromatic N) is 3. The molecule has 2 heterocycles. The van der Waals surface area contributed by atoms with Gasteiger partial charge in [0, 0.05) is 34.9 Å². The van der Waals surface area contributed by atoms with Crippen LogP contribution >= 0.6 is 0 Å². The van der Waals surface area contributed by atoms with Crippen molar-refractivity contribution < 1.29 is 13.2 Å². The van der Waals surface area contributed by atoms with Crippen LogP contribution in [-0.2, 0) is 14.8 Å². The summed E-state index contributed by atoms with van der Waals surface area (Å²) in [6, 6.07) is 16.0. The van der Waals surface area contributed by atoms with Crippen molar-refractivity contribution in [3.8, 4) is 0 Å². The van der Waals surface area contributed by atoms with Gasteiger partial charge in [0.1, 0.15) is 18.0 Å². The Balaban J connectivity index is 1.81. The van der Waals surface area contributed by atoms with Crippen molar-refractivity contribution in [1.29, 1.82) is 0 Å².